The van der Waals surface area contributed by atoms with E-state index in [1.54, 1.807) is 6.92 Å². The van der Waals surface area contributed by atoms with Crippen LogP contribution in [0.3, 0.4) is 0 Å². The normalized spacial score (nSPS) is 21.3. The molecule has 1 amide bonds. The monoisotopic (exact) mass is 508 g/mol. The lowest BCUT2D eigenvalue weighted by atomic mass is 10.1. The summed E-state index contributed by atoms with van der Waals surface area (Å²) in [5.41, 5.74) is 2.52. The van der Waals surface area contributed by atoms with E-state index in [4.69, 9.17) is 4.74 Å². The number of likely N-dealkylation sites (N-methyl/N-ethyl adjacent to an activating group) is 1. The summed E-state index contributed by atoms with van der Waals surface area (Å²) in [7, 11) is 0. The number of halogens is 1. The van der Waals surface area contributed by atoms with Gasteiger partial charge in [0.15, 0.2) is 35.1 Å². The van der Waals surface area contributed by atoms with Gasteiger partial charge in [0, 0.05) is 24.0 Å². The summed E-state index contributed by atoms with van der Waals surface area (Å²) in [5, 5.41) is 27.0. The van der Waals surface area contributed by atoms with Gasteiger partial charge in [-0.2, -0.15) is 0 Å². The van der Waals surface area contributed by atoms with Crippen LogP contribution in [0, 0.1) is 12.7 Å². The lowest BCUT2D eigenvalue weighted by Crippen LogP contribution is -2.42. The minimum atomic E-state index is -1.47. The van der Waals surface area contributed by atoms with Gasteiger partial charge in [-0.05, 0) is 32.0 Å². The number of hydrogen-bond donors (Lipinski definition) is 4. The summed E-state index contributed by atoms with van der Waals surface area (Å²) >= 11 is 0. The van der Waals surface area contributed by atoms with Crippen LogP contribution in [0.15, 0.2) is 43.0 Å². The van der Waals surface area contributed by atoms with Gasteiger partial charge >= 0.3 is 0 Å². The highest BCUT2D eigenvalue weighted by Gasteiger charge is 2.47. The van der Waals surface area contributed by atoms with Crippen LogP contribution >= 0.6 is 0 Å². The van der Waals surface area contributed by atoms with E-state index in [9.17, 15) is 19.4 Å². The molecule has 12 nitrogen and oxygen atoms in total. The Morgan fingerprint density at radius 3 is 2.78 bits per heavy atom. The standard InChI is InChI=1S/C24H25FN8O4/c1-3-27-23(36)19-17(34)18(35)24(37-19)33-11-29-16-21(28-10-15-6-4-5-12(2)30-15)31-20(32-22(16)33)13-7-14(25)9-26-8-13/h4-9,11,17-19,24,34-35H,3,10H2,1-2H3,(H,27,36)(H,28,31,32)/t17-,18+,19-,24+/m0/s1. The molecule has 4 aromatic rings. The first-order valence-electron chi connectivity index (χ1n) is 11.7. The quantitative estimate of drug-likeness (QED) is 0.285. The van der Waals surface area contributed by atoms with E-state index in [-0.39, 0.29) is 11.5 Å². The Labute approximate surface area is 210 Å². The number of carbonyl (C=O) groups excluding carboxylic acids is 1. The van der Waals surface area contributed by atoms with Crippen molar-refractivity contribution in [3.8, 4) is 11.4 Å². The first-order valence-corrected chi connectivity index (χ1v) is 11.7. The molecule has 5 rings (SSSR count). The van der Waals surface area contributed by atoms with Gasteiger partial charge in [-0.3, -0.25) is 19.3 Å². The van der Waals surface area contributed by atoms with Gasteiger partial charge in [-0.25, -0.2) is 19.3 Å². The Morgan fingerprint density at radius 1 is 1.19 bits per heavy atom. The van der Waals surface area contributed by atoms with Crippen molar-refractivity contribution in [1.82, 2.24) is 34.8 Å². The predicted octanol–water partition coefficient (Wildman–Crippen LogP) is 1.10. The summed E-state index contributed by atoms with van der Waals surface area (Å²) in [6, 6.07) is 6.89. The zero-order chi connectivity index (χ0) is 26.1. The SMILES string of the molecule is CCNC(=O)[C@H]1O[C@@H](n2cnc3c(NCc4cccc(C)n4)nc(-c4cncc(F)c4)nc32)[C@H](O)[C@@H]1O. The second-order valence-electron chi connectivity index (χ2n) is 8.56. The summed E-state index contributed by atoms with van der Waals surface area (Å²) in [4.78, 5) is 34.2. The maximum absolute atomic E-state index is 13.9. The molecule has 13 heteroatoms. The number of carbonyl (C=O) groups is 1. The molecule has 0 radical (unpaired) electrons. The van der Waals surface area contributed by atoms with Crippen molar-refractivity contribution >= 4 is 22.9 Å². The van der Waals surface area contributed by atoms with Gasteiger partial charge in [0.1, 0.15) is 18.0 Å². The zero-order valence-corrected chi connectivity index (χ0v) is 20.0. The number of hydrogen-bond acceptors (Lipinski definition) is 10. The Kier molecular flexibility index (Phi) is 6.74. The van der Waals surface area contributed by atoms with Crippen molar-refractivity contribution in [3.05, 3.63) is 60.2 Å². The van der Waals surface area contributed by atoms with Crippen molar-refractivity contribution in [2.24, 2.45) is 0 Å². The highest BCUT2D eigenvalue weighted by atomic mass is 19.1. The van der Waals surface area contributed by atoms with Gasteiger partial charge in [0.25, 0.3) is 5.91 Å². The summed E-state index contributed by atoms with van der Waals surface area (Å²) in [5.74, 6) is -0.625. The molecule has 0 aliphatic carbocycles. The number of aryl methyl sites for hydroxylation is 1. The molecule has 5 heterocycles. The number of imidazole rings is 1. The fourth-order valence-corrected chi connectivity index (χ4v) is 4.14. The van der Waals surface area contributed by atoms with E-state index in [1.807, 2.05) is 25.1 Å². The van der Waals surface area contributed by atoms with E-state index >= 15 is 0 Å². The molecule has 0 spiro atoms. The molecular formula is C24H25FN8O4. The number of aliphatic hydroxyl groups is 2. The fraction of sp³-hybridized carbons (Fsp3) is 0.333. The third-order valence-corrected chi connectivity index (χ3v) is 5.89. The highest BCUT2D eigenvalue weighted by Crippen LogP contribution is 2.33. The number of pyridine rings is 2. The molecule has 1 saturated heterocycles. The van der Waals surface area contributed by atoms with Crippen molar-refractivity contribution in [2.75, 3.05) is 11.9 Å². The number of nitrogens with zero attached hydrogens (tertiary/aromatic N) is 6. The minimum Gasteiger partial charge on any atom is -0.387 e. The smallest absolute Gasteiger partial charge is 0.252 e. The first kappa shape index (κ1) is 24.6. The van der Waals surface area contributed by atoms with Crippen molar-refractivity contribution < 1.29 is 24.1 Å². The summed E-state index contributed by atoms with van der Waals surface area (Å²) < 4.78 is 21.1. The Hall–Kier alpha value is -4.07. The fourth-order valence-electron chi connectivity index (χ4n) is 4.14. The predicted molar refractivity (Wildman–Crippen MR) is 129 cm³/mol. The van der Waals surface area contributed by atoms with Gasteiger partial charge < -0.3 is 25.6 Å². The lowest BCUT2D eigenvalue weighted by molar-refractivity contribution is -0.137. The van der Waals surface area contributed by atoms with Gasteiger partial charge in [-0.1, -0.05) is 6.07 Å². The molecule has 1 fully saturated rings. The molecule has 192 valence electrons. The van der Waals surface area contributed by atoms with Crippen molar-refractivity contribution in [3.63, 3.8) is 0 Å². The van der Waals surface area contributed by atoms with Crippen LogP contribution < -0.4 is 10.6 Å². The number of ether oxygens (including phenoxy) is 1. The number of amides is 1. The molecule has 0 bridgehead atoms. The molecule has 0 unspecified atom stereocenters. The van der Waals surface area contributed by atoms with Gasteiger partial charge in [0.2, 0.25) is 0 Å². The molecule has 0 saturated carbocycles. The Balaban J connectivity index is 1.56. The Bertz CT molecular complexity index is 1450. The second kappa shape index (κ2) is 10.1. The van der Waals surface area contributed by atoms with Crippen LogP contribution in [0.25, 0.3) is 22.6 Å². The first-order chi connectivity index (χ1) is 17.9. The van der Waals surface area contributed by atoms with Crippen molar-refractivity contribution in [1.29, 1.82) is 0 Å². The number of aromatic nitrogens is 6. The second-order valence-corrected chi connectivity index (χ2v) is 8.56. The molecule has 37 heavy (non-hydrogen) atoms. The zero-order valence-electron chi connectivity index (χ0n) is 20.0. The van der Waals surface area contributed by atoms with E-state index in [0.29, 0.717) is 30.0 Å². The minimum absolute atomic E-state index is 0.147. The average molecular weight is 509 g/mol. The molecule has 4 atom stereocenters. The van der Waals surface area contributed by atoms with Crippen LogP contribution in [0.4, 0.5) is 10.2 Å². The van der Waals surface area contributed by atoms with E-state index in [0.717, 1.165) is 17.6 Å². The summed E-state index contributed by atoms with van der Waals surface area (Å²) in [6.45, 7) is 4.28. The number of anilines is 1. The lowest BCUT2D eigenvalue weighted by Gasteiger charge is -2.17. The molecule has 4 N–H and O–H groups in total. The third kappa shape index (κ3) is 4.83. The number of rotatable bonds is 7. The molecular weight excluding hydrogens is 483 g/mol. The van der Waals surface area contributed by atoms with E-state index in [2.05, 4.69) is 35.6 Å². The Morgan fingerprint density at radius 2 is 2.03 bits per heavy atom. The maximum Gasteiger partial charge on any atom is 0.252 e. The molecule has 0 aromatic carbocycles. The molecule has 1 aliphatic rings. The van der Waals surface area contributed by atoms with Gasteiger partial charge in [-0.15, -0.1) is 0 Å². The van der Waals surface area contributed by atoms with Crippen LogP contribution in [0.5, 0.6) is 0 Å². The number of aliphatic hydroxyl groups excluding tert-OH is 2. The van der Waals surface area contributed by atoms with E-state index < -0.39 is 36.3 Å². The summed E-state index contributed by atoms with van der Waals surface area (Å²) in [6.07, 6.45) is -1.47. The molecule has 1 aliphatic heterocycles. The highest BCUT2D eigenvalue weighted by molar-refractivity contribution is 5.85. The maximum atomic E-state index is 13.9. The third-order valence-electron chi connectivity index (χ3n) is 5.89. The van der Waals surface area contributed by atoms with E-state index in [1.165, 1.54) is 23.2 Å². The van der Waals surface area contributed by atoms with Crippen LogP contribution in [-0.4, -0.2) is 70.5 Å². The van der Waals surface area contributed by atoms with Crippen LogP contribution in [0.1, 0.15) is 24.5 Å². The molecule has 4 aromatic heterocycles. The number of nitrogens with one attached hydrogen (secondary N) is 2. The topological polar surface area (TPSA) is 160 Å². The largest absolute Gasteiger partial charge is 0.387 e. The van der Waals surface area contributed by atoms with Crippen LogP contribution in [0.2, 0.25) is 0 Å². The number of fused-ring (bicyclic) bond motifs is 1. The average Bonchev–Trinajstić information content (AvgIpc) is 3.43. The van der Waals surface area contributed by atoms with Gasteiger partial charge in [0.05, 0.1) is 24.8 Å². The van der Waals surface area contributed by atoms with Crippen LogP contribution in [-0.2, 0) is 16.1 Å². The van der Waals surface area contributed by atoms with Crippen molar-refractivity contribution in [2.45, 2.75) is 44.9 Å².